The van der Waals surface area contributed by atoms with E-state index in [1.165, 1.54) is 0 Å². The third-order valence-electron chi connectivity index (χ3n) is 3.49. The summed E-state index contributed by atoms with van der Waals surface area (Å²) in [6, 6.07) is 0.525. The van der Waals surface area contributed by atoms with Gasteiger partial charge in [-0.25, -0.2) is 4.79 Å². The van der Waals surface area contributed by atoms with E-state index < -0.39 is 5.60 Å². The van der Waals surface area contributed by atoms with Crippen LogP contribution in [0.3, 0.4) is 0 Å². The normalized spacial score (nSPS) is 34.0. The van der Waals surface area contributed by atoms with Crippen molar-refractivity contribution in [2.75, 3.05) is 19.6 Å². The minimum Gasteiger partial charge on any atom is -0.444 e. The molecule has 0 aromatic rings. The van der Waals surface area contributed by atoms with Gasteiger partial charge in [0.05, 0.1) is 0 Å². The van der Waals surface area contributed by atoms with Crippen molar-refractivity contribution in [2.24, 2.45) is 11.8 Å². The number of amides is 1. The van der Waals surface area contributed by atoms with Gasteiger partial charge in [-0.2, -0.15) is 0 Å². The number of carbonyl (C=O) groups excluding carboxylic acids is 1. The molecular formula is C12H22N2O2. The molecule has 2 heterocycles. The summed E-state index contributed by atoms with van der Waals surface area (Å²) in [4.78, 5) is 13.7. The molecule has 2 aliphatic rings. The Bertz CT molecular complexity index is 285. The molecule has 0 aromatic heterocycles. The number of likely N-dealkylation sites (tertiary alicyclic amines) is 1. The molecule has 0 bridgehead atoms. The third kappa shape index (κ3) is 2.32. The molecular weight excluding hydrogens is 204 g/mol. The standard InChI is InChI=1S/C12H22N2O2/c1-8-10-7-14(6-9(10)5-13-8)11(15)16-12(2,3)4/h8-10,13H,5-7H2,1-4H3. The molecule has 16 heavy (non-hydrogen) atoms. The first-order valence-electron chi connectivity index (χ1n) is 6.08. The number of hydrogen-bond donors (Lipinski definition) is 1. The van der Waals surface area contributed by atoms with Crippen molar-refractivity contribution in [3.63, 3.8) is 0 Å². The van der Waals surface area contributed by atoms with Gasteiger partial charge in [0, 0.05) is 25.7 Å². The summed E-state index contributed by atoms with van der Waals surface area (Å²) in [5, 5.41) is 3.45. The third-order valence-corrected chi connectivity index (χ3v) is 3.49. The Morgan fingerprint density at radius 1 is 1.38 bits per heavy atom. The van der Waals surface area contributed by atoms with Crippen LogP contribution in [0.4, 0.5) is 4.79 Å². The predicted molar refractivity (Wildman–Crippen MR) is 62.3 cm³/mol. The molecule has 0 radical (unpaired) electrons. The van der Waals surface area contributed by atoms with Crippen LogP contribution in [0.5, 0.6) is 0 Å². The smallest absolute Gasteiger partial charge is 0.410 e. The van der Waals surface area contributed by atoms with Crippen LogP contribution in [0.2, 0.25) is 0 Å². The van der Waals surface area contributed by atoms with Gasteiger partial charge >= 0.3 is 6.09 Å². The maximum atomic E-state index is 11.9. The van der Waals surface area contributed by atoms with E-state index in [4.69, 9.17) is 4.74 Å². The van der Waals surface area contributed by atoms with E-state index in [9.17, 15) is 4.79 Å². The molecule has 2 fully saturated rings. The van der Waals surface area contributed by atoms with Crippen molar-refractivity contribution < 1.29 is 9.53 Å². The average Bonchev–Trinajstić information content (AvgIpc) is 2.65. The minimum absolute atomic E-state index is 0.158. The zero-order valence-electron chi connectivity index (χ0n) is 10.6. The Morgan fingerprint density at radius 2 is 2.06 bits per heavy atom. The number of fused-ring (bicyclic) bond motifs is 1. The first kappa shape index (κ1) is 11.7. The van der Waals surface area contributed by atoms with E-state index in [-0.39, 0.29) is 6.09 Å². The van der Waals surface area contributed by atoms with Gasteiger partial charge in [0.2, 0.25) is 0 Å². The summed E-state index contributed by atoms with van der Waals surface area (Å²) in [5.41, 5.74) is -0.390. The lowest BCUT2D eigenvalue weighted by Gasteiger charge is -2.25. The van der Waals surface area contributed by atoms with Gasteiger partial charge in [0.25, 0.3) is 0 Å². The van der Waals surface area contributed by atoms with E-state index in [1.807, 2.05) is 25.7 Å². The predicted octanol–water partition coefficient (Wildman–Crippen LogP) is 1.46. The summed E-state index contributed by atoms with van der Waals surface area (Å²) in [5.74, 6) is 1.22. The molecule has 92 valence electrons. The van der Waals surface area contributed by atoms with Crippen LogP contribution in [0.1, 0.15) is 27.7 Å². The van der Waals surface area contributed by atoms with Crippen LogP contribution >= 0.6 is 0 Å². The van der Waals surface area contributed by atoms with Crippen LogP contribution in [0.15, 0.2) is 0 Å². The van der Waals surface area contributed by atoms with Gasteiger partial charge in [-0.05, 0) is 39.5 Å². The van der Waals surface area contributed by atoms with Crippen LogP contribution in [0.25, 0.3) is 0 Å². The highest BCUT2D eigenvalue weighted by Crippen LogP contribution is 2.31. The lowest BCUT2D eigenvalue weighted by Crippen LogP contribution is -2.38. The largest absolute Gasteiger partial charge is 0.444 e. The summed E-state index contributed by atoms with van der Waals surface area (Å²) in [7, 11) is 0. The Balaban J connectivity index is 1.92. The molecule has 4 heteroatoms. The second kappa shape index (κ2) is 3.91. The zero-order valence-corrected chi connectivity index (χ0v) is 10.6. The number of rotatable bonds is 0. The summed E-state index contributed by atoms with van der Waals surface area (Å²) in [6.07, 6.45) is -0.158. The lowest BCUT2D eigenvalue weighted by molar-refractivity contribution is 0.0279. The van der Waals surface area contributed by atoms with Crippen molar-refractivity contribution in [3.8, 4) is 0 Å². The average molecular weight is 226 g/mol. The van der Waals surface area contributed by atoms with Crippen molar-refractivity contribution in [2.45, 2.75) is 39.3 Å². The Labute approximate surface area is 97.3 Å². The Morgan fingerprint density at radius 3 is 2.62 bits per heavy atom. The van der Waals surface area contributed by atoms with E-state index in [0.717, 1.165) is 19.6 Å². The van der Waals surface area contributed by atoms with Gasteiger partial charge in [-0.3, -0.25) is 0 Å². The molecule has 0 spiro atoms. The highest BCUT2D eigenvalue weighted by Gasteiger charge is 2.42. The fraction of sp³-hybridized carbons (Fsp3) is 0.917. The van der Waals surface area contributed by atoms with Crippen molar-refractivity contribution in [1.29, 1.82) is 0 Å². The van der Waals surface area contributed by atoms with Gasteiger partial charge < -0.3 is 15.0 Å². The summed E-state index contributed by atoms with van der Waals surface area (Å²) >= 11 is 0. The molecule has 3 unspecified atom stereocenters. The fourth-order valence-corrected chi connectivity index (χ4v) is 2.64. The minimum atomic E-state index is -0.390. The molecule has 2 saturated heterocycles. The van der Waals surface area contributed by atoms with E-state index >= 15 is 0 Å². The van der Waals surface area contributed by atoms with E-state index in [2.05, 4.69) is 12.2 Å². The lowest BCUT2D eigenvalue weighted by atomic mass is 9.95. The molecule has 0 saturated carbocycles. The quantitative estimate of drug-likeness (QED) is 0.680. The molecule has 0 aliphatic carbocycles. The summed E-state index contributed by atoms with van der Waals surface area (Å²) < 4.78 is 5.39. The zero-order chi connectivity index (χ0) is 11.9. The van der Waals surface area contributed by atoms with Crippen LogP contribution in [-0.2, 0) is 4.74 Å². The number of hydrogen-bond acceptors (Lipinski definition) is 3. The van der Waals surface area contributed by atoms with Gasteiger partial charge in [-0.1, -0.05) is 0 Å². The maximum Gasteiger partial charge on any atom is 0.410 e. The van der Waals surface area contributed by atoms with Crippen molar-refractivity contribution >= 4 is 6.09 Å². The fourth-order valence-electron chi connectivity index (χ4n) is 2.64. The SMILES string of the molecule is CC1NCC2CN(C(=O)OC(C)(C)C)CC21. The first-order chi connectivity index (χ1) is 7.37. The maximum absolute atomic E-state index is 11.9. The van der Waals surface area contributed by atoms with E-state index in [1.54, 1.807) is 0 Å². The summed E-state index contributed by atoms with van der Waals surface area (Å²) in [6.45, 7) is 10.6. The second-order valence-electron chi connectivity index (χ2n) is 6.01. The number of ether oxygens (including phenoxy) is 1. The molecule has 1 amide bonds. The number of nitrogens with zero attached hydrogens (tertiary/aromatic N) is 1. The van der Waals surface area contributed by atoms with E-state index in [0.29, 0.717) is 17.9 Å². The van der Waals surface area contributed by atoms with Crippen molar-refractivity contribution in [1.82, 2.24) is 10.2 Å². The van der Waals surface area contributed by atoms with Crippen molar-refractivity contribution in [3.05, 3.63) is 0 Å². The number of carbonyl (C=O) groups is 1. The second-order valence-corrected chi connectivity index (χ2v) is 6.01. The van der Waals surface area contributed by atoms with Gasteiger partial charge in [0.15, 0.2) is 0 Å². The van der Waals surface area contributed by atoms with Crippen LogP contribution < -0.4 is 5.32 Å². The topological polar surface area (TPSA) is 41.6 Å². The van der Waals surface area contributed by atoms with Crippen LogP contribution in [-0.4, -0.2) is 42.3 Å². The van der Waals surface area contributed by atoms with Gasteiger partial charge in [0.1, 0.15) is 5.60 Å². The van der Waals surface area contributed by atoms with Crippen LogP contribution in [0, 0.1) is 11.8 Å². The molecule has 1 N–H and O–H groups in total. The molecule has 2 rings (SSSR count). The molecule has 3 atom stereocenters. The highest BCUT2D eigenvalue weighted by atomic mass is 16.6. The monoisotopic (exact) mass is 226 g/mol. The first-order valence-corrected chi connectivity index (χ1v) is 6.08. The van der Waals surface area contributed by atoms with Gasteiger partial charge in [-0.15, -0.1) is 0 Å². The molecule has 2 aliphatic heterocycles. The molecule has 0 aromatic carbocycles. The Kier molecular flexibility index (Phi) is 2.86. The number of nitrogens with one attached hydrogen (secondary N) is 1. The Hall–Kier alpha value is -0.770. The highest BCUT2D eigenvalue weighted by molar-refractivity contribution is 5.68. The molecule has 4 nitrogen and oxygen atoms in total.